The second-order valence-electron chi connectivity index (χ2n) is 3.79. The van der Waals surface area contributed by atoms with E-state index in [1.807, 2.05) is 14.1 Å². The lowest BCUT2D eigenvalue weighted by atomic mass is 10.2. The SMILES string of the molecule is CN(C)C=C1N=C(c2ccc(Cl)cc2)OC1=O. The molecule has 1 aromatic rings. The molecule has 2 rings (SSSR count). The summed E-state index contributed by atoms with van der Waals surface area (Å²) in [6, 6.07) is 6.96. The summed E-state index contributed by atoms with van der Waals surface area (Å²) in [5, 5.41) is 0.628. The molecule has 88 valence electrons. The van der Waals surface area contributed by atoms with E-state index in [0.717, 1.165) is 5.56 Å². The molecule has 0 radical (unpaired) electrons. The monoisotopic (exact) mass is 250 g/mol. The fourth-order valence-electron chi connectivity index (χ4n) is 1.36. The van der Waals surface area contributed by atoms with E-state index in [1.165, 1.54) is 0 Å². The van der Waals surface area contributed by atoms with Gasteiger partial charge in [-0.3, -0.25) is 0 Å². The molecule has 1 aliphatic rings. The fourth-order valence-corrected chi connectivity index (χ4v) is 1.49. The number of cyclic esters (lactones) is 1. The standard InChI is InChI=1S/C12H11ClN2O2/c1-15(2)7-10-12(16)17-11(14-10)8-3-5-9(13)6-4-8/h3-7H,1-2H3. The van der Waals surface area contributed by atoms with Crippen molar-refractivity contribution in [3.63, 3.8) is 0 Å². The third kappa shape index (κ3) is 2.65. The molecule has 1 aliphatic heterocycles. The maximum absolute atomic E-state index is 11.5. The summed E-state index contributed by atoms with van der Waals surface area (Å²) < 4.78 is 5.07. The Hall–Kier alpha value is -1.81. The molecule has 0 spiro atoms. The first-order chi connectivity index (χ1) is 8.06. The molecule has 1 aromatic carbocycles. The van der Waals surface area contributed by atoms with Crippen LogP contribution in [-0.2, 0) is 9.53 Å². The molecule has 4 nitrogen and oxygen atoms in total. The van der Waals surface area contributed by atoms with Crippen LogP contribution in [0.1, 0.15) is 5.56 Å². The van der Waals surface area contributed by atoms with Crippen LogP contribution in [0.4, 0.5) is 0 Å². The van der Waals surface area contributed by atoms with Crippen LogP contribution in [0.15, 0.2) is 41.2 Å². The maximum Gasteiger partial charge on any atom is 0.365 e. The summed E-state index contributed by atoms with van der Waals surface area (Å²) in [5.41, 5.74) is 1.02. The van der Waals surface area contributed by atoms with Gasteiger partial charge in [-0.05, 0) is 24.3 Å². The number of hydrogen-bond donors (Lipinski definition) is 0. The Morgan fingerprint density at radius 1 is 1.29 bits per heavy atom. The van der Waals surface area contributed by atoms with Crippen molar-refractivity contribution in [2.45, 2.75) is 0 Å². The third-order valence-corrected chi connectivity index (χ3v) is 2.34. The zero-order chi connectivity index (χ0) is 12.4. The van der Waals surface area contributed by atoms with Gasteiger partial charge in [0.05, 0.1) is 0 Å². The van der Waals surface area contributed by atoms with E-state index in [1.54, 1.807) is 35.4 Å². The van der Waals surface area contributed by atoms with Gasteiger partial charge in [-0.25, -0.2) is 9.79 Å². The van der Waals surface area contributed by atoms with Crippen LogP contribution < -0.4 is 0 Å². The van der Waals surface area contributed by atoms with Crippen molar-refractivity contribution in [1.82, 2.24) is 4.90 Å². The van der Waals surface area contributed by atoms with E-state index in [4.69, 9.17) is 16.3 Å². The Morgan fingerprint density at radius 3 is 2.53 bits per heavy atom. The molecule has 0 N–H and O–H groups in total. The Bertz CT molecular complexity index is 504. The van der Waals surface area contributed by atoms with Gasteiger partial charge in [0.1, 0.15) is 0 Å². The van der Waals surface area contributed by atoms with E-state index >= 15 is 0 Å². The van der Waals surface area contributed by atoms with Gasteiger partial charge in [0.15, 0.2) is 5.70 Å². The lowest BCUT2D eigenvalue weighted by Crippen LogP contribution is -2.07. The second-order valence-corrected chi connectivity index (χ2v) is 4.23. The molecular formula is C12H11ClN2O2. The van der Waals surface area contributed by atoms with Gasteiger partial charge in [-0.1, -0.05) is 11.6 Å². The minimum Gasteiger partial charge on any atom is -0.402 e. The summed E-state index contributed by atoms with van der Waals surface area (Å²) in [6.45, 7) is 0. The van der Waals surface area contributed by atoms with E-state index in [-0.39, 0.29) is 0 Å². The highest BCUT2D eigenvalue weighted by molar-refractivity contribution is 6.30. The third-order valence-electron chi connectivity index (χ3n) is 2.09. The number of aliphatic imine (C=N–C) groups is 1. The highest BCUT2D eigenvalue weighted by Gasteiger charge is 2.24. The van der Waals surface area contributed by atoms with Gasteiger partial charge in [-0.15, -0.1) is 0 Å². The zero-order valence-electron chi connectivity index (χ0n) is 9.48. The van der Waals surface area contributed by atoms with Crippen LogP contribution in [0, 0.1) is 0 Å². The van der Waals surface area contributed by atoms with Crippen molar-refractivity contribution in [2.24, 2.45) is 4.99 Å². The number of esters is 1. The van der Waals surface area contributed by atoms with E-state index in [0.29, 0.717) is 16.6 Å². The lowest BCUT2D eigenvalue weighted by Gasteiger charge is -2.02. The number of carbonyl (C=O) groups excluding carboxylic acids is 1. The van der Waals surface area contributed by atoms with Crippen LogP contribution in [-0.4, -0.2) is 30.9 Å². The molecule has 0 unspecified atom stereocenters. The molecule has 0 aliphatic carbocycles. The Morgan fingerprint density at radius 2 is 1.94 bits per heavy atom. The molecule has 0 atom stereocenters. The number of carbonyl (C=O) groups is 1. The van der Waals surface area contributed by atoms with Gasteiger partial charge in [0.25, 0.3) is 0 Å². The van der Waals surface area contributed by atoms with Crippen LogP contribution in [0.25, 0.3) is 0 Å². The van der Waals surface area contributed by atoms with E-state index < -0.39 is 5.97 Å². The molecule has 0 aromatic heterocycles. The fraction of sp³-hybridized carbons (Fsp3) is 0.167. The number of benzene rings is 1. The predicted molar refractivity (Wildman–Crippen MR) is 65.9 cm³/mol. The molecule has 5 heteroatoms. The van der Waals surface area contributed by atoms with Crippen molar-refractivity contribution in [3.8, 4) is 0 Å². The summed E-state index contributed by atoms with van der Waals surface area (Å²) in [6.07, 6.45) is 1.62. The number of hydrogen-bond acceptors (Lipinski definition) is 4. The number of nitrogens with zero attached hydrogens (tertiary/aromatic N) is 2. The predicted octanol–water partition coefficient (Wildman–Crippen LogP) is 2.05. The zero-order valence-corrected chi connectivity index (χ0v) is 10.2. The van der Waals surface area contributed by atoms with Gasteiger partial charge in [0.2, 0.25) is 5.90 Å². The largest absolute Gasteiger partial charge is 0.402 e. The smallest absolute Gasteiger partial charge is 0.365 e. The summed E-state index contributed by atoms with van der Waals surface area (Å²) in [7, 11) is 3.63. The van der Waals surface area contributed by atoms with Crippen molar-refractivity contribution in [2.75, 3.05) is 14.1 Å². The Kier molecular flexibility index (Phi) is 3.15. The quantitative estimate of drug-likeness (QED) is 0.596. The summed E-state index contributed by atoms with van der Waals surface area (Å²) in [5.74, 6) is -0.136. The van der Waals surface area contributed by atoms with Crippen molar-refractivity contribution >= 4 is 23.5 Å². The van der Waals surface area contributed by atoms with Crippen molar-refractivity contribution < 1.29 is 9.53 Å². The Balaban J connectivity index is 2.30. The van der Waals surface area contributed by atoms with Crippen molar-refractivity contribution in [3.05, 3.63) is 46.7 Å². The van der Waals surface area contributed by atoms with Gasteiger partial charge < -0.3 is 9.64 Å². The van der Waals surface area contributed by atoms with Crippen LogP contribution in [0.5, 0.6) is 0 Å². The molecule has 1 heterocycles. The summed E-state index contributed by atoms with van der Waals surface area (Å²) >= 11 is 5.78. The Labute approximate surface area is 104 Å². The molecule has 0 amide bonds. The van der Waals surface area contributed by atoms with Crippen LogP contribution >= 0.6 is 11.6 Å². The molecule has 0 fully saturated rings. The average molecular weight is 251 g/mol. The molecule has 0 saturated heterocycles. The van der Waals surface area contributed by atoms with Gasteiger partial charge in [0, 0.05) is 30.9 Å². The number of halogens is 1. The van der Waals surface area contributed by atoms with Crippen molar-refractivity contribution in [1.29, 1.82) is 0 Å². The van der Waals surface area contributed by atoms with E-state index in [9.17, 15) is 4.79 Å². The van der Waals surface area contributed by atoms with Crippen LogP contribution in [0.3, 0.4) is 0 Å². The molecule has 0 bridgehead atoms. The van der Waals surface area contributed by atoms with Gasteiger partial charge in [-0.2, -0.15) is 0 Å². The first-order valence-electron chi connectivity index (χ1n) is 5.01. The van der Waals surface area contributed by atoms with Crippen LogP contribution in [0.2, 0.25) is 5.02 Å². The average Bonchev–Trinajstić information content (AvgIpc) is 2.60. The highest BCUT2D eigenvalue weighted by atomic mass is 35.5. The van der Waals surface area contributed by atoms with Gasteiger partial charge >= 0.3 is 5.97 Å². The minimum absolute atomic E-state index is 0.292. The first kappa shape index (κ1) is 11.7. The lowest BCUT2D eigenvalue weighted by molar-refractivity contribution is -0.130. The summed E-state index contributed by atoms with van der Waals surface area (Å²) in [4.78, 5) is 17.4. The first-order valence-corrected chi connectivity index (χ1v) is 5.39. The second kappa shape index (κ2) is 4.59. The number of ether oxygens (including phenoxy) is 1. The molecule has 0 saturated carbocycles. The van der Waals surface area contributed by atoms with E-state index in [2.05, 4.69) is 4.99 Å². The minimum atomic E-state index is -0.441. The molecule has 17 heavy (non-hydrogen) atoms. The topological polar surface area (TPSA) is 41.9 Å². The molecular weight excluding hydrogens is 240 g/mol. The highest BCUT2D eigenvalue weighted by Crippen LogP contribution is 2.18. The maximum atomic E-state index is 11.5. The normalized spacial score (nSPS) is 17.0. The number of rotatable bonds is 2.